The average molecular weight is 1880 g/mol. The standard InChI is InChI=1S/C25H33NO3.C23H29NO5.C23H27NO5.C22H29NO2.C20H25NO4/c1-4-20(27)29-25-10-9-16(3)23-24(25)11-12-26(14-17-6-7-17)19(25)13-18-8-5-15(2)22(28-23)21(18)24;2*1-2-18(27)29-23-8-7-16(26)21-22(23)9-10-24(12-13-3-4-13)17(23)11-14-5-6-15(25)20(28-21)19(14)22;1-13-3-6-16-11-17-22(24)8-7-14(2)20-21(22,18(16)19(13)25-20)9-10-23(17)12-15-4-5-15;22-13-4-3-12-9-15-20(24)6-5-14(23)18-19(20,16(12)17(13)25-18)7-8-21(15)10-11-1-2-11/h5,8,16-17,19,23H,4,6-7,9-14H2,1-3H3;5-6,13,16-17,21,25-26H,2-4,7-12H2,1H3;5-6,13,17,21,25H,2-4,7-12H2,1H3;3,6,14-15,17,20,24H,4-5,7-12H2,1-2H3;3-4,11,14-15,18,22-24H,1-2,5-10H2/t16?,19?,23-,24-,25+;16?,17?,21-,22-,23?;17?,21-,22-,23?;14?,17?,20-,21-,22?;14?,15?,18-,19-,20?/m00000/s1. The number of esters is 3. The zero-order valence-corrected chi connectivity index (χ0v) is 81.4. The van der Waals surface area contributed by atoms with Gasteiger partial charge >= 0.3 is 17.9 Å². The zero-order valence-electron chi connectivity index (χ0n) is 81.4. The van der Waals surface area contributed by atoms with Crippen LogP contribution < -0.4 is 23.7 Å². The van der Waals surface area contributed by atoms with Gasteiger partial charge in [-0.3, -0.25) is 43.7 Å². The molecule has 10 aliphatic heterocycles. The number of Topliss-reactive ketones (excluding diaryl/α,β-unsaturated/α-hetero) is 1. The van der Waals surface area contributed by atoms with Gasteiger partial charge in [-0.05, 0) is 331 Å². The highest BCUT2D eigenvalue weighted by Crippen LogP contribution is 2.74. The first-order valence-electron chi connectivity index (χ1n) is 53.9. The number of nitrogens with zero attached hydrogens (tertiary/aromatic N) is 5. The molecule has 25 aliphatic rings. The van der Waals surface area contributed by atoms with Gasteiger partial charge in [0.25, 0.3) is 0 Å². The predicted octanol–water partition coefficient (Wildman–Crippen LogP) is 13.4. The van der Waals surface area contributed by atoms with E-state index >= 15 is 0 Å². The molecule has 15 aliphatic carbocycles. The van der Waals surface area contributed by atoms with Crippen molar-refractivity contribution < 1.29 is 92.8 Å². The third kappa shape index (κ3) is 12.3. The Kier molecular flexibility index (Phi) is 20.5. The molecular weight excluding hydrogens is 1730 g/mol. The summed E-state index contributed by atoms with van der Waals surface area (Å²) in [4.78, 5) is 64.1. The average Bonchev–Trinajstić information content (AvgIpc) is 1.42. The van der Waals surface area contributed by atoms with Gasteiger partial charge in [0.05, 0.1) is 68.6 Å². The summed E-state index contributed by atoms with van der Waals surface area (Å²) in [7, 11) is 0. The number of hydrogen-bond acceptors (Lipinski definition) is 24. The summed E-state index contributed by atoms with van der Waals surface area (Å²) in [5, 5.41) is 77.3. The number of rotatable bonds is 16. The van der Waals surface area contributed by atoms with Crippen molar-refractivity contribution in [2.24, 2.45) is 41.4 Å². The van der Waals surface area contributed by atoms with Gasteiger partial charge in [0, 0.05) is 98.3 Å². The number of phenols is 3. The van der Waals surface area contributed by atoms with Crippen LogP contribution in [0.4, 0.5) is 0 Å². The Labute approximate surface area is 805 Å². The molecule has 10 saturated carbocycles. The van der Waals surface area contributed by atoms with Crippen LogP contribution in [0, 0.1) is 55.3 Å². The van der Waals surface area contributed by atoms with Gasteiger partial charge in [0.1, 0.15) is 52.7 Å². The van der Waals surface area contributed by atoms with Gasteiger partial charge < -0.3 is 73.6 Å². The van der Waals surface area contributed by atoms with Crippen molar-refractivity contribution in [3.05, 3.63) is 127 Å². The number of aliphatic hydroxyl groups excluding tert-OH is 2. The summed E-state index contributed by atoms with van der Waals surface area (Å²) in [5.41, 5.74) is 9.00. The molecule has 13 unspecified atom stereocenters. The Balaban J connectivity index is 0.0000000888. The normalized spacial score (nSPS) is 40.8. The van der Waals surface area contributed by atoms with Crippen molar-refractivity contribution >= 4 is 23.7 Å². The first-order valence-corrected chi connectivity index (χ1v) is 53.9. The minimum absolute atomic E-state index is 0.0412. The lowest BCUT2D eigenvalue weighted by atomic mass is 9.47. The molecule has 7 N–H and O–H groups in total. The van der Waals surface area contributed by atoms with E-state index in [9.17, 15) is 54.9 Å². The molecule has 5 spiro atoms. The molecule has 10 heterocycles. The van der Waals surface area contributed by atoms with Crippen LogP contribution in [0.25, 0.3) is 0 Å². The maximum absolute atomic E-state index is 13.0. The Morgan fingerprint density at radius 2 is 0.642 bits per heavy atom. The third-order valence-corrected chi connectivity index (χ3v) is 41.2. The largest absolute Gasteiger partial charge is 0.504 e. The number of likely N-dealkylation sites (tertiary alicyclic amines) is 5. The summed E-state index contributed by atoms with van der Waals surface area (Å²) in [6.45, 7) is 25.1. The van der Waals surface area contributed by atoms with E-state index in [0.717, 1.165) is 199 Å². The maximum atomic E-state index is 13.0. The number of benzene rings is 5. The van der Waals surface area contributed by atoms with Gasteiger partial charge in [0.2, 0.25) is 0 Å². The lowest BCUT2D eigenvalue weighted by Crippen LogP contribution is -2.78. The Morgan fingerprint density at radius 1 is 0.350 bits per heavy atom. The van der Waals surface area contributed by atoms with Crippen LogP contribution in [-0.4, -0.2) is 250 Å². The second-order valence-corrected chi connectivity index (χ2v) is 48.1. The molecular formula is C113H143N5O19. The van der Waals surface area contributed by atoms with E-state index in [1.165, 1.54) is 122 Å². The number of hydrogen-bond donors (Lipinski definition) is 7. The van der Waals surface area contributed by atoms with Crippen molar-refractivity contribution in [1.29, 1.82) is 0 Å². The first-order chi connectivity index (χ1) is 66.1. The summed E-state index contributed by atoms with van der Waals surface area (Å²) < 4.78 is 51.4. The van der Waals surface area contributed by atoms with Crippen molar-refractivity contribution in [3.63, 3.8) is 0 Å². The van der Waals surface area contributed by atoms with Gasteiger partial charge in [-0.25, -0.2) is 0 Å². The second kappa shape index (κ2) is 31.4. The minimum Gasteiger partial charge on any atom is -0.504 e. The summed E-state index contributed by atoms with van der Waals surface area (Å²) in [6.07, 6.45) is 27.8. The molecule has 0 amide bonds. The van der Waals surface area contributed by atoms with Crippen molar-refractivity contribution in [1.82, 2.24) is 24.5 Å². The number of aliphatic hydroxyl groups is 4. The van der Waals surface area contributed by atoms with E-state index in [2.05, 4.69) is 76.5 Å². The number of aryl methyl sites for hydroxylation is 2. The van der Waals surface area contributed by atoms with Crippen molar-refractivity contribution in [3.8, 4) is 46.0 Å². The fourth-order valence-electron chi connectivity index (χ4n) is 34.3. The van der Waals surface area contributed by atoms with Gasteiger partial charge in [0.15, 0.2) is 46.4 Å². The molecule has 5 aromatic rings. The van der Waals surface area contributed by atoms with Crippen LogP contribution in [0.3, 0.4) is 0 Å². The Hall–Kier alpha value is -7.78. The van der Waals surface area contributed by atoms with Crippen LogP contribution in [0.2, 0.25) is 0 Å². The lowest BCUT2D eigenvalue weighted by molar-refractivity contribution is -0.230. The molecule has 137 heavy (non-hydrogen) atoms. The van der Waals surface area contributed by atoms with Gasteiger partial charge in [-0.2, -0.15) is 0 Å². The van der Waals surface area contributed by atoms with Crippen molar-refractivity contribution in [2.75, 3.05) is 65.4 Å². The summed E-state index contributed by atoms with van der Waals surface area (Å²) >= 11 is 0. The van der Waals surface area contributed by atoms with E-state index in [4.69, 9.17) is 37.9 Å². The number of aromatic hydroxyl groups is 3. The van der Waals surface area contributed by atoms with Crippen LogP contribution in [0.1, 0.15) is 281 Å². The molecule has 5 saturated heterocycles. The highest BCUT2D eigenvalue weighted by atomic mass is 16.6. The molecule has 10 bridgehead atoms. The fourth-order valence-corrected chi connectivity index (χ4v) is 34.3. The quantitative estimate of drug-likeness (QED) is 0.0357. The highest BCUT2D eigenvalue weighted by molar-refractivity contribution is 5.91. The molecule has 0 aromatic heterocycles. The molecule has 24 atom stereocenters. The zero-order chi connectivity index (χ0) is 93.8. The molecule has 24 heteroatoms. The summed E-state index contributed by atoms with van der Waals surface area (Å²) in [6, 6.07) is 21.0. The number of piperidine rings is 5. The summed E-state index contributed by atoms with van der Waals surface area (Å²) in [5.74, 6) is 8.63. The van der Waals surface area contributed by atoms with E-state index in [1.807, 2.05) is 39.0 Å². The molecule has 0 radical (unpaired) electrons. The van der Waals surface area contributed by atoms with Crippen molar-refractivity contribution in [2.45, 2.75) is 388 Å². The molecule has 5 aromatic carbocycles. The maximum Gasteiger partial charge on any atom is 0.306 e. The number of phenolic OH excluding ortho intramolecular Hbond substituents is 3. The van der Waals surface area contributed by atoms with Crippen LogP contribution in [0.5, 0.6) is 46.0 Å². The Bertz CT molecular complexity index is 5540. The number of ether oxygens (including phenoxy) is 8. The van der Waals surface area contributed by atoms with Crippen LogP contribution >= 0.6 is 0 Å². The minimum atomic E-state index is -0.879. The highest BCUT2D eigenvalue weighted by Gasteiger charge is 2.81. The number of carbonyl (C=O) groups excluding carboxylic acids is 4. The molecule has 734 valence electrons. The van der Waals surface area contributed by atoms with Gasteiger partial charge in [-0.15, -0.1) is 0 Å². The smallest absolute Gasteiger partial charge is 0.306 e. The van der Waals surface area contributed by atoms with E-state index in [1.54, 1.807) is 18.2 Å². The Morgan fingerprint density at radius 3 is 1.07 bits per heavy atom. The first kappa shape index (κ1) is 89.3. The van der Waals surface area contributed by atoms with E-state index in [0.29, 0.717) is 93.3 Å². The number of ketones is 1. The molecule has 24 nitrogen and oxygen atoms in total. The van der Waals surface area contributed by atoms with Crippen LogP contribution in [0.15, 0.2) is 60.7 Å². The molecule has 30 rings (SSSR count). The number of carbonyl (C=O) groups is 4. The lowest BCUT2D eigenvalue weighted by Gasteiger charge is -2.65. The molecule has 15 fully saturated rings. The van der Waals surface area contributed by atoms with Gasteiger partial charge in [-0.1, -0.05) is 77.1 Å². The second-order valence-electron chi connectivity index (χ2n) is 48.1. The van der Waals surface area contributed by atoms with Crippen LogP contribution in [-0.2, 0) is 92.6 Å². The van der Waals surface area contributed by atoms with E-state index < -0.39 is 74.8 Å². The van der Waals surface area contributed by atoms with E-state index in [-0.39, 0.29) is 94.2 Å². The predicted molar refractivity (Wildman–Crippen MR) is 508 cm³/mol. The topological polar surface area (TPSA) is 300 Å². The third-order valence-electron chi connectivity index (χ3n) is 41.2. The SMILES string of the molecule is CCC(=O)OC12CCC(=O)[C@@H]3Oc4c(O)ccc5c4[C@@]31CCN(CC1CC1)C2C5.CCC(=O)OC12CCC(O)[C@@H]3Oc4c(O)ccc5c4[C@@]31CCN(CC1CC1)C2C5.CCC(=O)O[C@@]12CCC(C)[C@@H]3Oc4c(C)ccc5c4[C@@]31CCN(CC1CC1)C2C5.Cc1ccc2c3c1O[C@H]1C(C)CCC4(O)C(C2)N(CC2CC2)CC[C@]314.Oc1ccc2c3c1O[C@H]1C(O)CCC4(O)C(C2)N(CC2CC2)CC[C@]314. The fraction of sp³-hybridized carbons (Fsp3) is 0.699. The monoisotopic (exact) mass is 1870 g/mol.